The highest BCUT2D eigenvalue weighted by Gasteiger charge is 2.24. The summed E-state index contributed by atoms with van der Waals surface area (Å²) in [5, 5.41) is 44.2. The van der Waals surface area contributed by atoms with Gasteiger partial charge in [-0.1, -0.05) is 91.0 Å². The lowest BCUT2D eigenvalue weighted by atomic mass is 9.80. The number of hydrogen-bond donors (Lipinski definition) is 0. The quantitative estimate of drug-likeness (QED) is 0.240. The topological polar surface area (TPSA) is 95.2 Å². The third-order valence-corrected chi connectivity index (χ3v) is 7.26. The molecule has 0 N–H and O–H groups in total. The fraction of sp³-hybridized carbons (Fsp3) is 0. The first kappa shape index (κ1) is 24.2. The van der Waals surface area contributed by atoms with Crippen molar-refractivity contribution >= 4 is 21.5 Å². The van der Waals surface area contributed by atoms with Crippen molar-refractivity contribution in [3.63, 3.8) is 0 Å². The molecular weight excluding hydrogens is 488 g/mol. The maximum atomic E-state index is 10.3. The number of benzene rings is 6. The normalized spacial score (nSPS) is 10.4. The molecule has 0 aromatic heterocycles. The second-order valence-corrected chi connectivity index (χ2v) is 9.33. The highest BCUT2D eigenvalue weighted by Crippen LogP contribution is 2.48. The Kier molecular flexibility index (Phi) is 6.00. The zero-order valence-electron chi connectivity index (χ0n) is 21.2. The molecule has 4 heteroatoms. The van der Waals surface area contributed by atoms with Gasteiger partial charge in [-0.3, -0.25) is 0 Å². The van der Waals surface area contributed by atoms with Gasteiger partial charge in [-0.25, -0.2) is 0 Å². The van der Waals surface area contributed by atoms with Crippen LogP contribution in [0, 0.1) is 45.3 Å². The standard InChI is InChI=1S/C36H18N4/c37-19-25-11-6-15-29(33(25)21-39)32-18-24-9-2-4-14-28(24)35(30-16-5-10-23-8-1-3-13-27(23)30)36(32)31-17-7-12-26(20-38)34(31)22-40/h1-18H. The average molecular weight is 507 g/mol. The van der Waals surface area contributed by atoms with Crippen LogP contribution in [0.3, 0.4) is 0 Å². The van der Waals surface area contributed by atoms with Crippen LogP contribution in [0.15, 0.2) is 109 Å². The Morgan fingerprint density at radius 2 is 0.900 bits per heavy atom. The van der Waals surface area contributed by atoms with E-state index in [-0.39, 0.29) is 22.3 Å². The maximum Gasteiger partial charge on any atom is 0.101 e. The zero-order chi connectivity index (χ0) is 27.6. The SMILES string of the molecule is N#Cc1cccc(-c2cc3ccccc3c(-c3cccc4ccccc34)c2-c2cccc(C#N)c2C#N)c1C#N. The number of rotatable bonds is 3. The van der Waals surface area contributed by atoms with Crippen LogP contribution in [0.1, 0.15) is 22.3 Å². The summed E-state index contributed by atoms with van der Waals surface area (Å²) in [6.07, 6.45) is 0. The first-order valence-electron chi connectivity index (χ1n) is 12.6. The Labute approximate surface area is 231 Å². The summed E-state index contributed by atoms with van der Waals surface area (Å²) in [7, 11) is 0. The van der Waals surface area contributed by atoms with Crippen LogP contribution in [0.2, 0.25) is 0 Å². The van der Waals surface area contributed by atoms with E-state index in [1.165, 1.54) is 0 Å². The molecule has 0 spiro atoms. The highest BCUT2D eigenvalue weighted by molar-refractivity contribution is 6.15. The van der Waals surface area contributed by atoms with Crippen LogP contribution in [0.5, 0.6) is 0 Å². The molecule has 0 aliphatic rings. The fourth-order valence-corrected chi connectivity index (χ4v) is 5.53. The van der Waals surface area contributed by atoms with E-state index in [2.05, 4.69) is 54.6 Å². The van der Waals surface area contributed by atoms with Gasteiger partial charge in [0.05, 0.1) is 22.3 Å². The molecule has 182 valence electrons. The molecule has 0 atom stereocenters. The molecule has 0 fully saturated rings. The lowest BCUT2D eigenvalue weighted by molar-refractivity contribution is 1.42. The molecule has 4 nitrogen and oxygen atoms in total. The number of nitriles is 4. The molecule has 0 saturated heterocycles. The monoisotopic (exact) mass is 506 g/mol. The van der Waals surface area contributed by atoms with E-state index in [9.17, 15) is 21.0 Å². The Hall–Kier alpha value is -6.20. The number of nitrogens with zero attached hydrogens (tertiary/aromatic N) is 4. The van der Waals surface area contributed by atoms with Crippen LogP contribution < -0.4 is 0 Å². The van der Waals surface area contributed by atoms with Gasteiger partial charge in [-0.15, -0.1) is 0 Å². The van der Waals surface area contributed by atoms with E-state index in [1.54, 1.807) is 24.3 Å². The third-order valence-electron chi connectivity index (χ3n) is 7.26. The van der Waals surface area contributed by atoms with Crippen molar-refractivity contribution in [3.8, 4) is 57.7 Å². The van der Waals surface area contributed by atoms with E-state index < -0.39 is 0 Å². The van der Waals surface area contributed by atoms with E-state index in [4.69, 9.17) is 0 Å². The van der Waals surface area contributed by atoms with Crippen LogP contribution in [0.4, 0.5) is 0 Å². The molecule has 0 aliphatic heterocycles. The summed E-state index contributed by atoms with van der Waals surface area (Å²) in [5.74, 6) is 0. The van der Waals surface area contributed by atoms with Crippen molar-refractivity contribution in [2.75, 3.05) is 0 Å². The molecule has 0 amide bonds. The van der Waals surface area contributed by atoms with Crippen molar-refractivity contribution in [2.24, 2.45) is 0 Å². The second-order valence-electron chi connectivity index (χ2n) is 9.33. The maximum absolute atomic E-state index is 10.3. The van der Waals surface area contributed by atoms with Gasteiger partial charge in [-0.2, -0.15) is 21.0 Å². The third kappa shape index (κ3) is 3.74. The van der Waals surface area contributed by atoms with Gasteiger partial charge >= 0.3 is 0 Å². The first-order chi connectivity index (χ1) is 19.7. The predicted octanol–water partition coefficient (Wildman–Crippen LogP) is 8.48. The second kappa shape index (κ2) is 9.93. The summed E-state index contributed by atoms with van der Waals surface area (Å²) in [5.41, 5.74) is 5.56. The Bertz CT molecular complexity index is 2160. The summed E-state index contributed by atoms with van der Waals surface area (Å²) < 4.78 is 0. The van der Waals surface area contributed by atoms with Crippen LogP contribution in [0.25, 0.3) is 54.9 Å². The minimum atomic E-state index is 0.262. The van der Waals surface area contributed by atoms with Crippen LogP contribution in [-0.4, -0.2) is 0 Å². The molecule has 0 saturated carbocycles. The van der Waals surface area contributed by atoms with Crippen molar-refractivity contribution < 1.29 is 0 Å². The smallest absolute Gasteiger partial charge is 0.101 e. The van der Waals surface area contributed by atoms with Crippen molar-refractivity contribution in [3.05, 3.63) is 131 Å². The number of fused-ring (bicyclic) bond motifs is 2. The highest BCUT2D eigenvalue weighted by atomic mass is 14.3. The van der Waals surface area contributed by atoms with E-state index >= 15 is 0 Å². The molecular formula is C36H18N4. The molecule has 0 aliphatic carbocycles. The summed E-state index contributed by atoms with van der Waals surface area (Å²) >= 11 is 0. The Balaban J connectivity index is 1.91. The van der Waals surface area contributed by atoms with Crippen molar-refractivity contribution in [2.45, 2.75) is 0 Å². The molecule has 6 aromatic rings. The summed E-state index contributed by atoms with van der Waals surface area (Å²) in [6, 6.07) is 43.6. The molecule has 40 heavy (non-hydrogen) atoms. The van der Waals surface area contributed by atoms with Gasteiger partial charge in [0.25, 0.3) is 0 Å². The summed E-state index contributed by atoms with van der Waals surface area (Å²) in [6.45, 7) is 0. The minimum Gasteiger partial charge on any atom is -0.192 e. The fourth-order valence-electron chi connectivity index (χ4n) is 5.53. The molecule has 6 rings (SSSR count). The van der Waals surface area contributed by atoms with Gasteiger partial charge in [-0.05, 0) is 62.0 Å². The molecule has 0 heterocycles. The van der Waals surface area contributed by atoms with Gasteiger partial charge in [0.2, 0.25) is 0 Å². The van der Waals surface area contributed by atoms with E-state index in [0.717, 1.165) is 38.2 Å². The Morgan fingerprint density at radius 1 is 0.375 bits per heavy atom. The molecule has 0 bridgehead atoms. The van der Waals surface area contributed by atoms with Gasteiger partial charge in [0, 0.05) is 11.1 Å². The molecule has 6 aromatic carbocycles. The van der Waals surface area contributed by atoms with Crippen molar-refractivity contribution in [1.29, 1.82) is 21.0 Å². The van der Waals surface area contributed by atoms with Gasteiger partial charge < -0.3 is 0 Å². The van der Waals surface area contributed by atoms with Crippen LogP contribution >= 0.6 is 0 Å². The lowest BCUT2D eigenvalue weighted by Crippen LogP contribution is -1.99. The van der Waals surface area contributed by atoms with E-state index in [1.807, 2.05) is 54.6 Å². The first-order valence-corrected chi connectivity index (χ1v) is 12.6. The molecule has 0 unspecified atom stereocenters. The molecule has 0 radical (unpaired) electrons. The minimum absolute atomic E-state index is 0.262. The van der Waals surface area contributed by atoms with Gasteiger partial charge in [0.1, 0.15) is 24.3 Å². The lowest BCUT2D eigenvalue weighted by Gasteiger charge is -2.22. The predicted molar refractivity (Wildman–Crippen MR) is 157 cm³/mol. The Morgan fingerprint density at radius 3 is 1.57 bits per heavy atom. The van der Waals surface area contributed by atoms with Crippen molar-refractivity contribution in [1.82, 2.24) is 0 Å². The number of hydrogen-bond acceptors (Lipinski definition) is 4. The zero-order valence-corrected chi connectivity index (χ0v) is 21.2. The van der Waals surface area contributed by atoms with E-state index in [0.29, 0.717) is 16.7 Å². The summed E-state index contributed by atoms with van der Waals surface area (Å²) in [4.78, 5) is 0. The van der Waals surface area contributed by atoms with Crippen LogP contribution in [-0.2, 0) is 0 Å². The van der Waals surface area contributed by atoms with Gasteiger partial charge in [0.15, 0.2) is 0 Å². The average Bonchev–Trinajstić information content (AvgIpc) is 3.02. The largest absolute Gasteiger partial charge is 0.192 e.